The molecule has 5 heteroatoms. The van der Waals surface area contributed by atoms with E-state index in [0.29, 0.717) is 22.5 Å². The van der Waals surface area contributed by atoms with Crippen LogP contribution in [0.5, 0.6) is 0 Å². The number of furan rings is 1. The fourth-order valence-corrected chi connectivity index (χ4v) is 2.38. The van der Waals surface area contributed by atoms with E-state index < -0.39 is 0 Å². The third-order valence-electron chi connectivity index (χ3n) is 2.63. The minimum absolute atomic E-state index is 0.0362. The zero-order valence-electron chi connectivity index (χ0n) is 9.37. The molecule has 1 aliphatic heterocycles. The molecular formula is C11H15BrN2O2. The maximum absolute atomic E-state index is 12.1. The highest BCUT2D eigenvalue weighted by atomic mass is 79.9. The molecular weight excluding hydrogens is 272 g/mol. The van der Waals surface area contributed by atoms with Crippen LogP contribution < -0.4 is 5.32 Å². The van der Waals surface area contributed by atoms with E-state index in [4.69, 9.17) is 4.42 Å². The maximum atomic E-state index is 12.1. The largest absolute Gasteiger partial charge is 0.444 e. The van der Waals surface area contributed by atoms with Gasteiger partial charge in [0.1, 0.15) is 0 Å². The topological polar surface area (TPSA) is 45.5 Å². The predicted octanol–water partition coefficient (Wildman–Crippen LogP) is 1.86. The molecule has 4 nitrogen and oxygen atoms in total. The molecule has 0 aromatic carbocycles. The minimum Gasteiger partial charge on any atom is -0.444 e. The number of hydrogen-bond donors (Lipinski definition) is 1. The molecule has 1 aromatic heterocycles. The van der Waals surface area contributed by atoms with Crippen LogP contribution in [0.1, 0.15) is 24.4 Å². The van der Waals surface area contributed by atoms with Crippen molar-refractivity contribution in [3.8, 4) is 0 Å². The number of rotatable bonds is 1. The summed E-state index contributed by atoms with van der Waals surface area (Å²) >= 11 is 3.20. The number of nitrogens with one attached hydrogen (secondary N) is 1. The van der Waals surface area contributed by atoms with Gasteiger partial charge in [0.2, 0.25) is 0 Å². The van der Waals surface area contributed by atoms with Gasteiger partial charge in [-0.1, -0.05) is 0 Å². The van der Waals surface area contributed by atoms with Gasteiger partial charge in [-0.05, 0) is 41.9 Å². The zero-order valence-corrected chi connectivity index (χ0v) is 11.0. The Kier molecular flexibility index (Phi) is 3.35. The molecule has 0 spiro atoms. The van der Waals surface area contributed by atoms with Crippen molar-refractivity contribution < 1.29 is 9.21 Å². The van der Waals surface area contributed by atoms with Gasteiger partial charge in [0, 0.05) is 25.2 Å². The number of carbonyl (C=O) groups excluding carboxylic acids is 1. The monoisotopic (exact) mass is 286 g/mol. The number of hydrogen-bond acceptors (Lipinski definition) is 3. The molecule has 2 heterocycles. The van der Waals surface area contributed by atoms with Gasteiger partial charge in [-0.25, -0.2) is 0 Å². The second-order valence-electron chi connectivity index (χ2n) is 4.28. The number of halogens is 1. The zero-order chi connectivity index (χ0) is 11.7. The van der Waals surface area contributed by atoms with Crippen molar-refractivity contribution in [2.75, 3.05) is 13.1 Å². The van der Waals surface area contributed by atoms with Gasteiger partial charge in [0.15, 0.2) is 10.4 Å². The third kappa shape index (κ3) is 2.47. The summed E-state index contributed by atoms with van der Waals surface area (Å²) in [5.74, 6) is 0.360. The molecule has 2 unspecified atom stereocenters. The van der Waals surface area contributed by atoms with E-state index in [1.807, 2.05) is 4.90 Å². The highest BCUT2D eigenvalue weighted by Gasteiger charge is 2.26. The summed E-state index contributed by atoms with van der Waals surface area (Å²) in [6.45, 7) is 5.60. The van der Waals surface area contributed by atoms with Gasteiger partial charge in [0.25, 0.3) is 5.91 Å². The van der Waals surface area contributed by atoms with Gasteiger partial charge in [-0.3, -0.25) is 4.79 Å². The van der Waals surface area contributed by atoms with Crippen LogP contribution in [-0.4, -0.2) is 36.0 Å². The van der Waals surface area contributed by atoms with Crippen LogP contribution in [0.3, 0.4) is 0 Å². The lowest BCUT2D eigenvalue weighted by Crippen LogP contribution is -2.55. The first-order valence-corrected chi connectivity index (χ1v) is 6.16. The van der Waals surface area contributed by atoms with E-state index >= 15 is 0 Å². The molecule has 88 valence electrons. The summed E-state index contributed by atoms with van der Waals surface area (Å²) in [6.07, 6.45) is 0. The molecule has 2 rings (SSSR count). The molecule has 0 saturated carbocycles. The Hall–Kier alpha value is -0.810. The second kappa shape index (κ2) is 4.59. The quantitative estimate of drug-likeness (QED) is 0.857. The Balaban J connectivity index is 2.09. The number of carbonyl (C=O) groups is 1. The van der Waals surface area contributed by atoms with Gasteiger partial charge in [-0.2, -0.15) is 0 Å². The van der Waals surface area contributed by atoms with Crippen LogP contribution >= 0.6 is 15.9 Å². The fraction of sp³-hybridized carbons (Fsp3) is 0.545. The first-order valence-electron chi connectivity index (χ1n) is 5.37. The number of piperazine rings is 1. The normalized spacial score (nSPS) is 25.8. The van der Waals surface area contributed by atoms with Gasteiger partial charge >= 0.3 is 0 Å². The molecule has 0 aliphatic carbocycles. The molecule has 0 bridgehead atoms. The third-order valence-corrected chi connectivity index (χ3v) is 3.05. The highest BCUT2D eigenvalue weighted by Crippen LogP contribution is 2.17. The Morgan fingerprint density at radius 2 is 2.06 bits per heavy atom. The van der Waals surface area contributed by atoms with Crippen LogP contribution in [0.25, 0.3) is 0 Å². The molecule has 1 amide bonds. The first-order chi connectivity index (χ1) is 7.56. The summed E-state index contributed by atoms with van der Waals surface area (Å²) < 4.78 is 5.86. The Bertz CT molecular complexity index is 381. The summed E-state index contributed by atoms with van der Waals surface area (Å²) in [5.41, 5.74) is 0. The lowest BCUT2D eigenvalue weighted by atomic mass is 10.1. The standard InChI is InChI=1S/C11H15BrN2O2/c1-7-5-14(6-8(2)13-7)11(15)9-3-4-10(12)16-9/h3-4,7-8,13H,5-6H2,1-2H3. The van der Waals surface area contributed by atoms with E-state index in [9.17, 15) is 4.79 Å². The molecule has 1 N–H and O–H groups in total. The maximum Gasteiger partial charge on any atom is 0.289 e. The van der Waals surface area contributed by atoms with Crippen molar-refractivity contribution in [1.29, 1.82) is 0 Å². The molecule has 0 radical (unpaired) electrons. The van der Waals surface area contributed by atoms with Crippen LogP contribution in [0, 0.1) is 0 Å². The van der Waals surface area contributed by atoms with Crippen LogP contribution in [0.4, 0.5) is 0 Å². The van der Waals surface area contributed by atoms with Crippen molar-refractivity contribution >= 4 is 21.8 Å². The molecule has 2 atom stereocenters. The Morgan fingerprint density at radius 3 is 2.56 bits per heavy atom. The summed E-state index contributed by atoms with van der Waals surface area (Å²) in [6, 6.07) is 4.09. The molecule has 1 aliphatic rings. The summed E-state index contributed by atoms with van der Waals surface area (Å²) in [4.78, 5) is 13.9. The molecule has 16 heavy (non-hydrogen) atoms. The SMILES string of the molecule is CC1CN(C(=O)c2ccc(Br)o2)CC(C)N1. The fourth-order valence-electron chi connectivity index (χ4n) is 2.08. The number of amides is 1. The summed E-state index contributed by atoms with van der Waals surface area (Å²) in [7, 11) is 0. The Morgan fingerprint density at radius 1 is 1.44 bits per heavy atom. The van der Waals surface area contributed by atoms with Crippen LogP contribution in [-0.2, 0) is 0 Å². The van der Waals surface area contributed by atoms with Crippen molar-refractivity contribution in [2.24, 2.45) is 0 Å². The van der Waals surface area contributed by atoms with E-state index in [1.54, 1.807) is 12.1 Å². The molecule has 1 aromatic rings. The van der Waals surface area contributed by atoms with Gasteiger partial charge in [-0.15, -0.1) is 0 Å². The smallest absolute Gasteiger partial charge is 0.289 e. The minimum atomic E-state index is -0.0362. The first kappa shape index (κ1) is 11.7. The van der Waals surface area contributed by atoms with Crippen LogP contribution in [0.15, 0.2) is 21.2 Å². The van der Waals surface area contributed by atoms with E-state index in [2.05, 4.69) is 35.1 Å². The average molecular weight is 287 g/mol. The Labute approximate surface area is 103 Å². The molecule has 1 saturated heterocycles. The van der Waals surface area contributed by atoms with Crippen molar-refractivity contribution in [2.45, 2.75) is 25.9 Å². The van der Waals surface area contributed by atoms with E-state index in [-0.39, 0.29) is 5.91 Å². The van der Waals surface area contributed by atoms with Crippen molar-refractivity contribution in [1.82, 2.24) is 10.2 Å². The van der Waals surface area contributed by atoms with Gasteiger partial charge < -0.3 is 14.6 Å². The van der Waals surface area contributed by atoms with Gasteiger partial charge in [0.05, 0.1) is 0 Å². The molecule has 1 fully saturated rings. The van der Waals surface area contributed by atoms with Crippen molar-refractivity contribution in [3.05, 3.63) is 22.6 Å². The average Bonchev–Trinajstić information content (AvgIpc) is 2.62. The number of nitrogens with zero attached hydrogens (tertiary/aromatic N) is 1. The highest BCUT2D eigenvalue weighted by molar-refractivity contribution is 9.10. The van der Waals surface area contributed by atoms with E-state index in [1.165, 1.54) is 0 Å². The van der Waals surface area contributed by atoms with Crippen LogP contribution in [0.2, 0.25) is 0 Å². The van der Waals surface area contributed by atoms with Crippen molar-refractivity contribution in [3.63, 3.8) is 0 Å². The predicted molar refractivity (Wildman–Crippen MR) is 64.4 cm³/mol. The lowest BCUT2D eigenvalue weighted by Gasteiger charge is -2.35. The summed E-state index contributed by atoms with van der Waals surface area (Å²) in [5, 5.41) is 3.39. The lowest BCUT2D eigenvalue weighted by molar-refractivity contribution is 0.0640. The van der Waals surface area contributed by atoms with E-state index in [0.717, 1.165) is 13.1 Å². The second-order valence-corrected chi connectivity index (χ2v) is 5.06.